The van der Waals surface area contributed by atoms with Gasteiger partial charge >= 0.3 is 6.09 Å². The molecule has 2 aliphatic heterocycles. The minimum atomic E-state index is -0.413. The second kappa shape index (κ2) is 9.40. The molecule has 1 aromatic rings. The second-order valence-corrected chi connectivity index (χ2v) is 9.78. The highest BCUT2D eigenvalue weighted by Gasteiger charge is 2.28. The van der Waals surface area contributed by atoms with Crippen molar-refractivity contribution in [2.75, 3.05) is 57.0 Å². The number of anilines is 1. The first-order valence-electron chi connectivity index (χ1n) is 10.4. The van der Waals surface area contributed by atoms with Crippen LogP contribution in [0, 0.1) is 5.92 Å². The van der Waals surface area contributed by atoms with Crippen molar-refractivity contribution in [1.82, 2.24) is 9.80 Å². The van der Waals surface area contributed by atoms with Crippen LogP contribution in [0.3, 0.4) is 0 Å². The Morgan fingerprint density at radius 1 is 1.04 bits per heavy atom. The van der Waals surface area contributed by atoms with Crippen molar-refractivity contribution < 1.29 is 9.53 Å². The summed E-state index contributed by atoms with van der Waals surface area (Å²) in [5.41, 5.74) is 0.923. The third-order valence-corrected chi connectivity index (χ3v) is 6.34. The zero-order chi connectivity index (χ0) is 20.1. The van der Waals surface area contributed by atoms with Crippen molar-refractivity contribution >= 4 is 23.5 Å². The first-order valence-corrected chi connectivity index (χ1v) is 11.7. The van der Waals surface area contributed by atoms with E-state index in [9.17, 15) is 4.79 Å². The van der Waals surface area contributed by atoms with E-state index in [4.69, 9.17) is 4.74 Å². The number of piperazine rings is 1. The molecule has 2 aliphatic rings. The van der Waals surface area contributed by atoms with Crippen LogP contribution in [-0.2, 0) is 4.74 Å². The molecule has 28 heavy (non-hydrogen) atoms. The molecular weight excluding hydrogens is 370 g/mol. The number of rotatable bonds is 4. The van der Waals surface area contributed by atoms with Crippen LogP contribution in [0.1, 0.15) is 33.6 Å². The van der Waals surface area contributed by atoms with Crippen molar-refractivity contribution in [2.24, 2.45) is 5.92 Å². The van der Waals surface area contributed by atoms with Crippen LogP contribution >= 0.6 is 11.8 Å². The number of ether oxygens (including phenoxy) is 1. The van der Waals surface area contributed by atoms with Crippen molar-refractivity contribution in [3.63, 3.8) is 0 Å². The van der Waals surface area contributed by atoms with Gasteiger partial charge in [-0.05, 0) is 70.1 Å². The molecule has 6 heteroatoms. The number of benzene rings is 1. The van der Waals surface area contributed by atoms with Gasteiger partial charge < -0.3 is 14.5 Å². The summed E-state index contributed by atoms with van der Waals surface area (Å²) in [5, 5.41) is 0. The van der Waals surface area contributed by atoms with Gasteiger partial charge in [0.15, 0.2) is 0 Å². The molecule has 2 heterocycles. The summed E-state index contributed by atoms with van der Waals surface area (Å²) in [6.45, 7) is 13.0. The van der Waals surface area contributed by atoms with E-state index in [0.717, 1.165) is 58.7 Å². The monoisotopic (exact) mass is 405 g/mol. The number of thioether (sulfide) groups is 1. The third kappa shape index (κ3) is 6.05. The van der Waals surface area contributed by atoms with Crippen LogP contribution in [0.2, 0.25) is 0 Å². The molecular formula is C22H35N3O2S. The Morgan fingerprint density at radius 3 is 2.18 bits per heavy atom. The highest BCUT2D eigenvalue weighted by Crippen LogP contribution is 2.24. The number of piperidine rings is 1. The molecule has 0 bridgehead atoms. The summed E-state index contributed by atoms with van der Waals surface area (Å²) < 4.78 is 5.50. The molecule has 1 aromatic carbocycles. The van der Waals surface area contributed by atoms with Gasteiger partial charge in [-0.2, -0.15) is 0 Å². The standard InChI is InChI=1S/C22H35N3O2S/c1-22(2,3)27-21(26)25-11-9-18(10-12-25)17-23-13-15-24(16-14-23)19-5-7-20(28-4)8-6-19/h5-8,18H,9-17H2,1-4H3. The first kappa shape index (κ1) is 21.3. The minimum Gasteiger partial charge on any atom is -0.444 e. The number of carbonyl (C=O) groups is 1. The summed E-state index contributed by atoms with van der Waals surface area (Å²) in [6, 6.07) is 8.91. The van der Waals surface area contributed by atoms with E-state index in [-0.39, 0.29) is 6.09 Å². The maximum absolute atomic E-state index is 12.2. The predicted octanol–water partition coefficient (Wildman–Crippen LogP) is 4.18. The Kier molecular flexibility index (Phi) is 7.15. The number of hydrogen-bond acceptors (Lipinski definition) is 5. The van der Waals surface area contributed by atoms with Crippen LogP contribution in [0.4, 0.5) is 10.5 Å². The Bertz CT molecular complexity index is 628. The van der Waals surface area contributed by atoms with Crippen LogP contribution in [-0.4, -0.2) is 73.6 Å². The second-order valence-electron chi connectivity index (χ2n) is 8.90. The number of carbonyl (C=O) groups excluding carboxylic acids is 1. The van der Waals surface area contributed by atoms with Crippen LogP contribution in [0.25, 0.3) is 0 Å². The zero-order valence-electron chi connectivity index (χ0n) is 17.8. The SMILES string of the molecule is CSc1ccc(N2CCN(CC3CCN(C(=O)OC(C)(C)C)CC3)CC2)cc1. The van der Waals surface area contributed by atoms with Crippen molar-refractivity contribution in [2.45, 2.75) is 44.1 Å². The number of amides is 1. The predicted molar refractivity (Wildman–Crippen MR) is 117 cm³/mol. The molecule has 0 spiro atoms. The highest BCUT2D eigenvalue weighted by molar-refractivity contribution is 7.98. The molecule has 0 radical (unpaired) electrons. The Labute approximate surface area is 174 Å². The quantitative estimate of drug-likeness (QED) is 0.703. The maximum Gasteiger partial charge on any atom is 0.410 e. The maximum atomic E-state index is 12.2. The molecule has 3 rings (SSSR count). The van der Waals surface area contributed by atoms with E-state index in [1.807, 2.05) is 25.7 Å². The van der Waals surface area contributed by atoms with Gasteiger partial charge in [0.05, 0.1) is 0 Å². The van der Waals surface area contributed by atoms with Gasteiger partial charge in [0.25, 0.3) is 0 Å². The van der Waals surface area contributed by atoms with Gasteiger partial charge in [0.2, 0.25) is 0 Å². The highest BCUT2D eigenvalue weighted by atomic mass is 32.2. The lowest BCUT2D eigenvalue weighted by atomic mass is 9.96. The molecule has 0 saturated carbocycles. The fourth-order valence-corrected chi connectivity index (χ4v) is 4.38. The lowest BCUT2D eigenvalue weighted by Gasteiger charge is -2.39. The largest absolute Gasteiger partial charge is 0.444 e. The average molecular weight is 406 g/mol. The molecule has 156 valence electrons. The first-order chi connectivity index (χ1) is 13.3. The lowest BCUT2D eigenvalue weighted by molar-refractivity contribution is 0.0169. The van der Waals surface area contributed by atoms with Crippen LogP contribution in [0.15, 0.2) is 29.2 Å². The van der Waals surface area contributed by atoms with Gasteiger partial charge in [0.1, 0.15) is 5.60 Å². The molecule has 5 nitrogen and oxygen atoms in total. The molecule has 0 aliphatic carbocycles. The molecule has 0 unspecified atom stereocenters. The van der Waals surface area contributed by atoms with Gasteiger partial charge in [0, 0.05) is 56.4 Å². The summed E-state index contributed by atoms with van der Waals surface area (Å²) in [6.07, 6.45) is 4.11. The molecule has 1 amide bonds. The van der Waals surface area contributed by atoms with Gasteiger partial charge in [-0.3, -0.25) is 4.90 Å². The van der Waals surface area contributed by atoms with Crippen molar-refractivity contribution in [3.05, 3.63) is 24.3 Å². The van der Waals surface area contributed by atoms with E-state index < -0.39 is 5.60 Å². The summed E-state index contributed by atoms with van der Waals surface area (Å²) in [5.74, 6) is 0.686. The summed E-state index contributed by atoms with van der Waals surface area (Å²) in [4.78, 5) is 20.5. The van der Waals surface area contributed by atoms with Crippen molar-refractivity contribution in [3.8, 4) is 0 Å². The Hall–Kier alpha value is -1.40. The molecule has 0 atom stereocenters. The number of hydrogen-bond donors (Lipinski definition) is 0. The van der Waals surface area contributed by atoms with Gasteiger partial charge in [-0.15, -0.1) is 11.8 Å². The third-order valence-electron chi connectivity index (χ3n) is 5.59. The molecule has 2 fully saturated rings. The molecule has 0 aromatic heterocycles. The average Bonchev–Trinajstić information content (AvgIpc) is 2.68. The summed E-state index contributed by atoms with van der Waals surface area (Å²) >= 11 is 1.79. The smallest absolute Gasteiger partial charge is 0.410 e. The molecule has 0 N–H and O–H groups in total. The minimum absolute atomic E-state index is 0.160. The van der Waals surface area contributed by atoms with Crippen molar-refractivity contribution in [1.29, 1.82) is 0 Å². The topological polar surface area (TPSA) is 36.0 Å². The number of likely N-dealkylation sites (tertiary alicyclic amines) is 1. The van der Waals surface area contributed by atoms with Gasteiger partial charge in [-0.1, -0.05) is 0 Å². The van der Waals surface area contributed by atoms with Gasteiger partial charge in [-0.25, -0.2) is 4.79 Å². The lowest BCUT2D eigenvalue weighted by Crippen LogP contribution is -2.49. The van der Waals surface area contributed by atoms with E-state index in [1.165, 1.54) is 10.6 Å². The zero-order valence-corrected chi connectivity index (χ0v) is 18.6. The Morgan fingerprint density at radius 2 is 1.64 bits per heavy atom. The number of nitrogens with zero attached hydrogens (tertiary/aromatic N) is 3. The normalized spacial score (nSPS) is 19.7. The Balaban J connectivity index is 1.39. The van der Waals surface area contributed by atoms with E-state index in [0.29, 0.717) is 5.92 Å². The fraction of sp³-hybridized carbons (Fsp3) is 0.682. The van der Waals surface area contributed by atoms with E-state index in [2.05, 4.69) is 40.3 Å². The molecule has 2 saturated heterocycles. The fourth-order valence-electron chi connectivity index (χ4n) is 3.97. The van der Waals surface area contributed by atoms with Crippen LogP contribution < -0.4 is 4.90 Å². The van der Waals surface area contributed by atoms with E-state index >= 15 is 0 Å². The summed E-state index contributed by atoms with van der Waals surface area (Å²) in [7, 11) is 0. The van der Waals surface area contributed by atoms with E-state index in [1.54, 1.807) is 11.8 Å². The van der Waals surface area contributed by atoms with Crippen LogP contribution in [0.5, 0.6) is 0 Å².